The Bertz CT molecular complexity index is 492. The van der Waals surface area contributed by atoms with Crippen molar-refractivity contribution < 1.29 is 0 Å². The highest BCUT2D eigenvalue weighted by Crippen LogP contribution is 2.58. The first-order valence-corrected chi connectivity index (χ1v) is 9.06. The zero-order valence-corrected chi connectivity index (χ0v) is 14.7. The minimum Gasteiger partial charge on any atom is -0.308 e. The predicted molar refractivity (Wildman–Crippen MR) is 92.5 cm³/mol. The van der Waals surface area contributed by atoms with Crippen LogP contribution >= 0.6 is 0 Å². The van der Waals surface area contributed by atoms with Crippen LogP contribution in [0.25, 0.3) is 0 Å². The molecule has 0 bridgehead atoms. The van der Waals surface area contributed by atoms with Gasteiger partial charge in [-0.2, -0.15) is 0 Å². The van der Waals surface area contributed by atoms with E-state index in [0.29, 0.717) is 16.9 Å². The van der Waals surface area contributed by atoms with Crippen LogP contribution in [0.2, 0.25) is 0 Å². The second-order valence-electron chi connectivity index (χ2n) is 8.58. The Morgan fingerprint density at radius 2 is 1.86 bits per heavy atom. The third kappa shape index (κ3) is 2.71. The van der Waals surface area contributed by atoms with Crippen molar-refractivity contribution in [3.8, 4) is 0 Å². The molecule has 2 aliphatic carbocycles. The summed E-state index contributed by atoms with van der Waals surface area (Å²) in [6.45, 7) is 10.9. The molecule has 2 heteroatoms. The molecule has 3 atom stereocenters. The number of hydrogen-bond acceptors (Lipinski definition) is 2. The average molecular weight is 300 g/mol. The van der Waals surface area contributed by atoms with Crippen LogP contribution in [0.3, 0.4) is 0 Å². The summed E-state index contributed by atoms with van der Waals surface area (Å²) in [5, 5.41) is 3.85. The zero-order chi connectivity index (χ0) is 15.8. The van der Waals surface area contributed by atoms with Gasteiger partial charge in [-0.25, -0.2) is 0 Å². The molecule has 1 heterocycles. The SMILES string of the molecule is CC1(C)C(NCc2ccccn2)CC2CCCCC2C1(C)C. The molecule has 1 N–H and O–H groups in total. The Balaban J connectivity index is 1.75. The summed E-state index contributed by atoms with van der Waals surface area (Å²) in [4.78, 5) is 4.47. The number of nitrogens with zero attached hydrogens (tertiary/aromatic N) is 1. The Labute approximate surface area is 136 Å². The maximum Gasteiger partial charge on any atom is 0.0541 e. The summed E-state index contributed by atoms with van der Waals surface area (Å²) < 4.78 is 0. The summed E-state index contributed by atoms with van der Waals surface area (Å²) in [7, 11) is 0. The van der Waals surface area contributed by atoms with Crippen molar-refractivity contribution in [1.82, 2.24) is 10.3 Å². The first kappa shape index (κ1) is 16.0. The first-order chi connectivity index (χ1) is 10.4. The second-order valence-corrected chi connectivity index (χ2v) is 8.58. The Morgan fingerprint density at radius 3 is 2.59 bits per heavy atom. The number of nitrogens with one attached hydrogen (secondary N) is 1. The number of aromatic nitrogens is 1. The summed E-state index contributed by atoms with van der Waals surface area (Å²) in [5.74, 6) is 1.82. The van der Waals surface area contributed by atoms with E-state index in [-0.39, 0.29) is 0 Å². The molecule has 0 spiro atoms. The topological polar surface area (TPSA) is 24.9 Å². The number of fused-ring (bicyclic) bond motifs is 1. The lowest BCUT2D eigenvalue weighted by Gasteiger charge is -2.60. The van der Waals surface area contributed by atoms with E-state index < -0.39 is 0 Å². The fourth-order valence-electron chi connectivity index (χ4n) is 5.03. The van der Waals surface area contributed by atoms with E-state index in [1.54, 1.807) is 0 Å². The van der Waals surface area contributed by atoms with E-state index in [0.717, 1.165) is 24.1 Å². The fourth-order valence-corrected chi connectivity index (χ4v) is 5.03. The molecular weight excluding hydrogens is 268 g/mol. The minimum absolute atomic E-state index is 0.320. The molecule has 0 aromatic carbocycles. The smallest absolute Gasteiger partial charge is 0.0541 e. The van der Waals surface area contributed by atoms with Crippen molar-refractivity contribution in [2.75, 3.05) is 0 Å². The van der Waals surface area contributed by atoms with Crippen molar-refractivity contribution in [3.05, 3.63) is 30.1 Å². The van der Waals surface area contributed by atoms with Gasteiger partial charge in [-0.1, -0.05) is 53.0 Å². The predicted octanol–water partition coefficient (Wildman–Crippen LogP) is 4.80. The van der Waals surface area contributed by atoms with Crippen molar-refractivity contribution in [2.45, 2.75) is 72.4 Å². The van der Waals surface area contributed by atoms with Gasteiger partial charge in [0.2, 0.25) is 0 Å². The van der Waals surface area contributed by atoms with Crippen LogP contribution in [-0.4, -0.2) is 11.0 Å². The van der Waals surface area contributed by atoms with Crippen LogP contribution in [0.15, 0.2) is 24.4 Å². The summed E-state index contributed by atoms with van der Waals surface area (Å²) in [6, 6.07) is 6.78. The van der Waals surface area contributed by atoms with E-state index in [1.807, 2.05) is 12.3 Å². The number of hydrogen-bond donors (Lipinski definition) is 1. The van der Waals surface area contributed by atoms with Crippen LogP contribution in [0, 0.1) is 22.7 Å². The molecular formula is C20H32N2. The molecule has 22 heavy (non-hydrogen) atoms. The molecule has 3 rings (SSSR count). The van der Waals surface area contributed by atoms with Gasteiger partial charge in [0.1, 0.15) is 0 Å². The maximum atomic E-state index is 4.47. The van der Waals surface area contributed by atoms with E-state index in [2.05, 4.69) is 50.1 Å². The lowest BCUT2D eigenvalue weighted by atomic mass is 9.47. The van der Waals surface area contributed by atoms with Gasteiger partial charge in [0, 0.05) is 18.8 Å². The molecule has 2 saturated carbocycles. The fraction of sp³-hybridized carbons (Fsp3) is 0.750. The monoisotopic (exact) mass is 300 g/mol. The summed E-state index contributed by atoms with van der Waals surface area (Å²) >= 11 is 0. The van der Waals surface area contributed by atoms with Gasteiger partial charge in [0.15, 0.2) is 0 Å². The van der Waals surface area contributed by atoms with Crippen molar-refractivity contribution in [3.63, 3.8) is 0 Å². The third-order valence-corrected chi connectivity index (χ3v) is 7.16. The molecule has 2 aliphatic rings. The highest BCUT2D eigenvalue weighted by molar-refractivity contribution is 5.08. The number of rotatable bonds is 3. The third-order valence-electron chi connectivity index (χ3n) is 7.16. The Kier molecular flexibility index (Phi) is 4.33. The maximum absolute atomic E-state index is 4.47. The highest BCUT2D eigenvalue weighted by atomic mass is 15.0. The van der Waals surface area contributed by atoms with Gasteiger partial charge in [-0.05, 0) is 47.6 Å². The average Bonchev–Trinajstić information content (AvgIpc) is 2.51. The van der Waals surface area contributed by atoms with Crippen molar-refractivity contribution in [1.29, 1.82) is 0 Å². The van der Waals surface area contributed by atoms with Crippen molar-refractivity contribution >= 4 is 0 Å². The van der Waals surface area contributed by atoms with Crippen LogP contribution < -0.4 is 5.32 Å². The van der Waals surface area contributed by atoms with E-state index in [1.165, 1.54) is 32.1 Å². The Morgan fingerprint density at radius 1 is 1.09 bits per heavy atom. The van der Waals surface area contributed by atoms with E-state index in [9.17, 15) is 0 Å². The van der Waals surface area contributed by atoms with Gasteiger partial charge in [-0.3, -0.25) is 4.98 Å². The second kappa shape index (κ2) is 5.96. The first-order valence-electron chi connectivity index (χ1n) is 9.06. The van der Waals surface area contributed by atoms with Gasteiger partial charge in [-0.15, -0.1) is 0 Å². The van der Waals surface area contributed by atoms with Crippen molar-refractivity contribution in [2.24, 2.45) is 22.7 Å². The van der Waals surface area contributed by atoms with Gasteiger partial charge >= 0.3 is 0 Å². The van der Waals surface area contributed by atoms with Gasteiger partial charge in [0.05, 0.1) is 5.69 Å². The Hall–Kier alpha value is -0.890. The van der Waals surface area contributed by atoms with Crippen LogP contribution in [0.4, 0.5) is 0 Å². The van der Waals surface area contributed by atoms with Gasteiger partial charge < -0.3 is 5.32 Å². The van der Waals surface area contributed by atoms with Gasteiger partial charge in [0.25, 0.3) is 0 Å². The molecule has 0 radical (unpaired) electrons. The molecule has 2 fully saturated rings. The van der Waals surface area contributed by atoms with E-state index in [4.69, 9.17) is 0 Å². The molecule has 0 saturated heterocycles. The quantitative estimate of drug-likeness (QED) is 0.867. The largest absolute Gasteiger partial charge is 0.308 e. The lowest BCUT2D eigenvalue weighted by Crippen LogP contribution is -2.59. The molecule has 122 valence electrons. The van der Waals surface area contributed by atoms with Crippen LogP contribution in [0.5, 0.6) is 0 Å². The summed E-state index contributed by atoms with van der Waals surface area (Å²) in [6.07, 6.45) is 8.98. The lowest BCUT2D eigenvalue weighted by molar-refractivity contribution is -0.0874. The summed E-state index contributed by atoms with van der Waals surface area (Å²) in [5.41, 5.74) is 1.88. The number of pyridine rings is 1. The standard InChI is InChI=1S/C20H32N2/c1-19(2)17-11-6-5-9-15(17)13-18(20(19,3)4)22-14-16-10-7-8-12-21-16/h7-8,10,12,15,17-18,22H,5-6,9,11,13-14H2,1-4H3. The highest BCUT2D eigenvalue weighted by Gasteiger charge is 2.54. The normalized spacial score (nSPS) is 33.2. The molecule has 1 aromatic heterocycles. The molecule has 1 aromatic rings. The van der Waals surface area contributed by atoms with Crippen LogP contribution in [0.1, 0.15) is 65.5 Å². The molecule has 3 unspecified atom stereocenters. The molecule has 0 amide bonds. The molecule has 0 aliphatic heterocycles. The zero-order valence-electron chi connectivity index (χ0n) is 14.7. The van der Waals surface area contributed by atoms with E-state index >= 15 is 0 Å². The minimum atomic E-state index is 0.320. The molecule has 2 nitrogen and oxygen atoms in total. The van der Waals surface area contributed by atoms with Crippen LogP contribution in [-0.2, 0) is 6.54 Å².